The first kappa shape index (κ1) is 15.3. The third-order valence-corrected chi connectivity index (χ3v) is 2.88. The molecule has 106 valence electrons. The van der Waals surface area contributed by atoms with Crippen LogP contribution in [0.3, 0.4) is 0 Å². The summed E-state index contributed by atoms with van der Waals surface area (Å²) < 4.78 is 5.87. The average Bonchev–Trinajstić information content (AvgIpc) is 2.37. The van der Waals surface area contributed by atoms with Gasteiger partial charge < -0.3 is 15.8 Å². The summed E-state index contributed by atoms with van der Waals surface area (Å²) in [7, 11) is 1.66. The van der Waals surface area contributed by atoms with E-state index in [-0.39, 0.29) is 0 Å². The summed E-state index contributed by atoms with van der Waals surface area (Å²) >= 11 is 0. The fourth-order valence-electron chi connectivity index (χ4n) is 1.61. The Morgan fingerprint density at radius 3 is 2.79 bits per heavy atom. The molecule has 0 aromatic heterocycles. The zero-order valence-electron chi connectivity index (χ0n) is 12.4. The van der Waals surface area contributed by atoms with Crippen molar-refractivity contribution in [2.75, 3.05) is 13.7 Å². The number of nitrogens with one attached hydrogen (secondary N) is 1. The first-order valence-electron chi connectivity index (χ1n) is 6.71. The zero-order chi connectivity index (χ0) is 14.3. The topological polar surface area (TPSA) is 59.6 Å². The highest BCUT2D eigenvalue weighted by atomic mass is 16.5. The molecule has 0 saturated heterocycles. The number of hydrogen-bond acceptors (Lipinski definition) is 2. The van der Waals surface area contributed by atoms with Crippen LogP contribution in [0.4, 0.5) is 0 Å². The summed E-state index contributed by atoms with van der Waals surface area (Å²) in [6, 6.07) is 6.21. The van der Waals surface area contributed by atoms with E-state index in [4.69, 9.17) is 10.5 Å². The van der Waals surface area contributed by atoms with Gasteiger partial charge in [0.1, 0.15) is 5.75 Å². The SMILES string of the molecule is CN=C(N)NCc1ccc(C)cc1OCCC(C)C. The van der Waals surface area contributed by atoms with E-state index in [0.717, 1.165) is 24.3 Å². The van der Waals surface area contributed by atoms with Gasteiger partial charge in [0.15, 0.2) is 5.96 Å². The van der Waals surface area contributed by atoms with Crippen molar-refractivity contribution in [3.8, 4) is 5.75 Å². The third kappa shape index (κ3) is 5.64. The van der Waals surface area contributed by atoms with Gasteiger partial charge in [-0.05, 0) is 30.9 Å². The van der Waals surface area contributed by atoms with Gasteiger partial charge in [0, 0.05) is 19.2 Å². The van der Waals surface area contributed by atoms with E-state index in [9.17, 15) is 0 Å². The van der Waals surface area contributed by atoms with Crippen molar-refractivity contribution in [1.82, 2.24) is 5.32 Å². The third-order valence-electron chi connectivity index (χ3n) is 2.88. The molecule has 0 heterocycles. The summed E-state index contributed by atoms with van der Waals surface area (Å²) in [5.41, 5.74) is 7.93. The molecule has 0 amide bonds. The van der Waals surface area contributed by atoms with Crippen molar-refractivity contribution in [1.29, 1.82) is 0 Å². The van der Waals surface area contributed by atoms with E-state index in [1.54, 1.807) is 7.05 Å². The fourth-order valence-corrected chi connectivity index (χ4v) is 1.61. The van der Waals surface area contributed by atoms with E-state index >= 15 is 0 Å². The zero-order valence-corrected chi connectivity index (χ0v) is 12.4. The van der Waals surface area contributed by atoms with Crippen molar-refractivity contribution in [2.24, 2.45) is 16.6 Å². The van der Waals surface area contributed by atoms with Crippen LogP contribution < -0.4 is 15.8 Å². The van der Waals surface area contributed by atoms with Crippen LogP contribution >= 0.6 is 0 Å². The molecule has 0 atom stereocenters. The Kier molecular flexibility index (Phi) is 6.19. The van der Waals surface area contributed by atoms with Gasteiger partial charge in [0.05, 0.1) is 6.61 Å². The molecule has 0 aliphatic heterocycles. The van der Waals surface area contributed by atoms with Crippen LogP contribution in [0.15, 0.2) is 23.2 Å². The van der Waals surface area contributed by atoms with Gasteiger partial charge >= 0.3 is 0 Å². The van der Waals surface area contributed by atoms with E-state index < -0.39 is 0 Å². The minimum Gasteiger partial charge on any atom is -0.493 e. The molecule has 3 N–H and O–H groups in total. The Hall–Kier alpha value is -1.71. The maximum atomic E-state index is 5.87. The van der Waals surface area contributed by atoms with Crippen LogP contribution in [0.25, 0.3) is 0 Å². The van der Waals surface area contributed by atoms with Crippen LogP contribution in [-0.2, 0) is 6.54 Å². The molecule has 0 saturated carbocycles. The summed E-state index contributed by atoms with van der Waals surface area (Å²) in [5.74, 6) is 2.01. The summed E-state index contributed by atoms with van der Waals surface area (Å²) in [4.78, 5) is 3.88. The molecule has 0 bridgehead atoms. The predicted octanol–water partition coefficient (Wildman–Crippen LogP) is 2.45. The van der Waals surface area contributed by atoms with Crippen molar-refractivity contribution in [3.63, 3.8) is 0 Å². The highest BCUT2D eigenvalue weighted by molar-refractivity contribution is 5.77. The monoisotopic (exact) mass is 263 g/mol. The standard InChI is InChI=1S/C15H25N3O/c1-11(2)7-8-19-14-9-12(3)5-6-13(14)10-18-15(16)17-4/h5-6,9,11H,7-8,10H2,1-4H3,(H3,16,17,18). The van der Waals surface area contributed by atoms with Gasteiger partial charge in [-0.1, -0.05) is 26.0 Å². The van der Waals surface area contributed by atoms with Crippen molar-refractivity contribution in [2.45, 2.75) is 33.7 Å². The van der Waals surface area contributed by atoms with E-state index in [1.807, 2.05) is 0 Å². The highest BCUT2D eigenvalue weighted by Gasteiger charge is 2.05. The number of ether oxygens (including phenoxy) is 1. The normalized spacial score (nSPS) is 11.7. The maximum Gasteiger partial charge on any atom is 0.188 e. The van der Waals surface area contributed by atoms with E-state index in [0.29, 0.717) is 18.4 Å². The molecule has 0 fully saturated rings. The Morgan fingerprint density at radius 1 is 1.42 bits per heavy atom. The van der Waals surface area contributed by atoms with Gasteiger partial charge in [0.25, 0.3) is 0 Å². The predicted molar refractivity (Wildman–Crippen MR) is 80.5 cm³/mol. The molecule has 0 aliphatic rings. The lowest BCUT2D eigenvalue weighted by Gasteiger charge is -2.14. The largest absolute Gasteiger partial charge is 0.493 e. The number of benzene rings is 1. The lowest BCUT2D eigenvalue weighted by Crippen LogP contribution is -2.30. The molecule has 0 unspecified atom stereocenters. The molecule has 4 nitrogen and oxygen atoms in total. The number of nitrogens with two attached hydrogens (primary N) is 1. The van der Waals surface area contributed by atoms with Crippen LogP contribution in [0.1, 0.15) is 31.4 Å². The maximum absolute atomic E-state index is 5.87. The van der Waals surface area contributed by atoms with Crippen LogP contribution in [0.2, 0.25) is 0 Å². The minimum atomic E-state index is 0.439. The van der Waals surface area contributed by atoms with Gasteiger partial charge in [-0.3, -0.25) is 4.99 Å². The second kappa shape index (κ2) is 7.67. The number of aryl methyl sites for hydroxylation is 1. The fraction of sp³-hybridized carbons (Fsp3) is 0.533. The number of nitrogens with zero attached hydrogens (tertiary/aromatic N) is 1. The van der Waals surface area contributed by atoms with Crippen LogP contribution in [0, 0.1) is 12.8 Å². The lowest BCUT2D eigenvalue weighted by molar-refractivity contribution is 0.286. The molecule has 1 aromatic carbocycles. The van der Waals surface area contributed by atoms with Crippen molar-refractivity contribution in [3.05, 3.63) is 29.3 Å². The van der Waals surface area contributed by atoms with E-state index in [1.165, 1.54) is 5.56 Å². The quantitative estimate of drug-likeness (QED) is 0.612. The van der Waals surface area contributed by atoms with Gasteiger partial charge in [-0.25, -0.2) is 0 Å². The Morgan fingerprint density at radius 2 is 2.16 bits per heavy atom. The molecular formula is C15H25N3O. The Labute approximate surface area is 116 Å². The molecule has 1 rings (SSSR count). The number of aliphatic imine (C=N–C) groups is 1. The molecule has 0 radical (unpaired) electrons. The minimum absolute atomic E-state index is 0.439. The summed E-state index contributed by atoms with van der Waals surface area (Å²) in [6.45, 7) is 7.82. The Balaban J connectivity index is 2.68. The van der Waals surface area contributed by atoms with Crippen LogP contribution in [-0.4, -0.2) is 19.6 Å². The van der Waals surface area contributed by atoms with Gasteiger partial charge in [-0.15, -0.1) is 0 Å². The first-order valence-corrected chi connectivity index (χ1v) is 6.71. The van der Waals surface area contributed by atoms with Crippen LogP contribution in [0.5, 0.6) is 5.75 Å². The molecule has 19 heavy (non-hydrogen) atoms. The second-order valence-corrected chi connectivity index (χ2v) is 5.10. The smallest absolute Gasteiger partial charge is 0.188 e. The van der Waals surface area contributed by atoms with Crippen molar-refractivity contribution >= 4 is 5.96 Å². The van der Waals surface area contributed by atoms with Gasteiger partial charge in [0.2, 0.25) is 0 Å². The molecule has 0 aliphatic carbocycles. The highest BCUT2D eigenvalue weighted by Crippen LogP contribution is 2.21. The van der Waals surface area contributed by atoms with Crippen molar-refractivity contribution < 1.29 is 4.74 Å². The number of hydrogen-bond donors (Lipinski definition) is 2. The summed E-state index contributed by atoms with van der Waals surface area (Å²) in [6.07, 6.45) is 1.05. The molecular weight excluding hydrogens is 238 g/mol. The van der Waals surface area contributed by atoms with E-state index in [2.05, 4.69) is 49.3 Å². The molecule has 4 heteroatoms. The Bertz CT molecular complexity index is 427. The van der Waals surface area contributed by atoms with Gasteiger partial charge in [-0.2, -0.15) is 0 Å². The average molecular weight is 263 g/mol. The molecule has 0 spiro atoms. The number of guanidine groups is 1. The number of rotatable bonds is 6. The molecule has 1 aromatic rings. The second-order valence-electron chi connectivity index (χ2n) is 5.10. The first-order chi connectivity index (χ1) is 9.02. The lowest BCUT2D eigenvalue weighted by atomic mass is 10.1. The summed E-state index contributed by atoms with van der Waals surface area (Å²) in [5, 5.41) is 3.06.